The van der Waals surface area contributed by atoms with E-state index in [2.05, 4.69) is 16.7 Å². The molecule has 0 atom stereocenters. The van der Waals surface area contributed by atoms with Crippen molar-refractivity contribution in [3.63, 3.8) is 0 Å². The topological polar surface area (TPSA) is 32.8 Å². The van der Waals surface area contributed by atoms with E-state index in [1.807, 2.05) is 6.92 Å². The van der Waals surface area contributed by atoms with Crippen LogP contribution in [0.2, 0.25) is 0 Å². The SMILES string of the molecule is CCCCN(CCCCCN1CCOCC1)C(=O)CC. The van der Waals surface area contributed by atoms with Crippen molar-refractivity contribution in [2.24, 2.45) is 0 Å². The number of carbonyl (C=O) groups excluding carboxylic acids is 1. The van der Waals surface area contributed by atoms with Crippen molar-refractivity contribution >= 4 is 5.91 Å². The predicted octanol–water partition coefficient (Wildman–Crippen LogP) is 2.53. The largest absolute Gasteiger partial charge is 0.379 e. The first-order valence-corrected chi connectivity index (χ1v) is 8.35. The van der Waals surface area contributed by atoms with Gasteiger partial charge in [-0.25, -0.2) is 0 Å². The van der Waals surface area contributed by atoms with Crippen LogP contribution in [0.3, 0.4) is 0 Å². The van der Waals surface area contributed by atoms with Crippen LogP contribution in [-0.2, 0) is 9.53 Å². The van der Waals surface area contributed by atoms with E-state index >= 15 is 0 Å². The maximum atomic E-state index is 11.8. The van der Waals surface area contributed by atoms with Crippen LogP contribution in [0.5, 0.6) is 0 Å². The summed E-state index contributed by atoms with van der Waals surface area (Å²) in [4.78, 5) is 16.4. The lowest BCUT2D eigenvalue weighted by Gasteiger charge is -2.26. The van der Waals surface area contributed by atoms with Crippen LogP contribution in [-0.4, -0.2) is 61.6 Å². The molecule has 0 spiro atoms. The molecule has 0 aromatic heterocycles. The fourth-order valence-corrected chi connectivity index (χ4v) is 2.57. The van der Waals surface area contributed by atoms with Gasteiger partial charge in [0.1, 0.15) is 0 Å². The number of unbranched alkanes of at least 4 members (excludes halogenated alkanes) is 3. The molecule has 1 saturated heterocycles. The normalized spacial score (nSPS) is 16.3. The molecular weight excluding hydrogens is 252 g/mol. The van der Waals surface area contributed by atoms with Gasteiger partial charge in [0.05, 0.1) is 13.2 Å². The number of carbonyl (C=O) groups is 1. The Bertz CT molecular complexity index is 253. The summed E-state index contributed by atoms with van der Waals surface area (Å²) >= 11 is 0. The van der Waals surface area contributed by atoms with Gasteiger partial charge in [0.2, 0.25) is 5.91 Å². The summed E-state index contributed by atoms with van der Waals surface area (Å²) in [5.74, 6) is 0.312. The highest BCUT2D eigenvalue weighted by Gasteiger charge is 2.11. The Hall–Kier alpha value is -0.610. The molecule has 0 aromatic rings. The van der Waals surface area contributed by atoms with E-state index in [4.69, 9.17) is 4.74 Å². The van der Waals surface area contributed by atoms with Gasteiger partial charge in [-0.2, -0.15) is 0 Å². The minimum Gasteiger partial charge on any atom is -0.379 e. The molecular formula is C16H32N2O2. The van der Waals surface area contributed by atoms with Crippen LogP contribution in [0.1, 0.15) is 52.4 Å². The zero-order chi connectivity index (χ0) is 14.6. The van der Waals surface area contributed by atoms with Crippen LogP contribution in [0.25, 0.3) is 0 Å². The van der Waals surface area contributed by atoms with E-state index in [-0.39, 0.29) is 0 Å². The van der Waals surface area contributed by atoms with Crippen molar-refractivity contribution in [3.05, 3.63) is 0 Å². The molecule has 1 fully saturated rings. The summed E-state index contributed by atoms with van der Waals surface area (Å²) in [6.07, 6.45) is 6.51. The zero-order valence-electron chi connectivity index (χ0n) is 13.4. The van der Waals surface area contributed by atoms with Crippen molar-refractivity contribution in [1.29, 1.82) is 0 Å². The highest BCUT2D eigenvalue weighted by molar-refractivity contribution is 5.75. The van der Waals surface area contributed by atoms with Gasteiger partial charge in [0.25, 0.3) is 0 Å². The maximum absolute atomic E-state index is 11.8. The van der Waals surface area contributed by atoms with Crippen LogP contribution in [0.4, 0.5) is 0 Å². The van der Waals surface area contributed by atoms with Gasteiger partial charge in [-0.3, -0.25) is 9.69 Å². The molecule has 0 N–H and O–H groups in total. The van der Waals surface area contributed by atoms with Gasteiger partial charge >= 0.3 is 0 Å². The highest BCUT2D eigenvalue weighted by Crippen LogP contribution is 2.05. The van der Waals surface area contributed by atoms with Crippen LogP contribution in [0, 0.1) is 0 Å². The molecule has 4 nitrogen and oxygen atoms in total. The Morgan fingerprint density at radius 1 is 1.05 bits per heavy atom. The highest BCUT2D eigenvalue weighted by atomic mass is 16.5. The fraction of sp³-hybridized carbons (Fsp3) is 0.938. The summed E-state index contributed by atoms with van der Waals surface area (Å²) in [7, 11) is 0. The second-order valence-electron chi connectivity index (χ2n) is 5.60. The lowest BCUT2D eigenvalue weighted by Crippen LogP contribution is -2.37. The van der Waals surface area contributed by atoms with Gasteiger partial charge in [-0.15, -0.1) is 0 Å². The minimum atomic E-state index is 0.312. The van der Waals surface area contributed by atoms with Crippen molar-refractivity contribution < 1.29 is 9.53 Å². The van der Waals surface area contributed by atoms with E-state index in [0.29, 0.717) is 12.3 Å². The number of morpholine rings is 1. The van der Waals surface area contributed by atoms with Gasteiger partial charge in [0.15, 0.2) is 0 Å². The first-order chi connectivity index (χ1) is 9.77. The number of hydrogen-bond acceptors (Lipinski definition) is 3. The molecule has 1 aliphatic heterocycles. The van der Waals surface area contributed by atoms with Crippen LogP contribution < -0.4 is 0 Å². The number of ether oxygens (including phenoxy) is 1. The van der Waals surface area contributed by atoms with Crippen LogP contribution >= 0.6 is 0 Å². The second-order valence-corrected chi connectivity index (χ2v) is 5.60. The molecule has 1 amide bonds. The Morgan fingerprint density at radius 2 is 1.75 bits per heavy atom. The summed E-state index contributed by atoms with van der Waals surface area (Å²) in [6, 6.07) is 0. The number of amides is 1. The smallest absolute Gasteiger partial charge is 0.222 e. The van der Waals surface area contributed by atoms with Crippen molar-refractivity contribution in [1.82, 2.24) is 9.80 Å². The maximum Gasteiger partial charge on any atom is 0.222 e. The molecule has 0 aliphatic carbocycles. The third-order valence-electron chi connectivity index (χ3n) is 3.94. The Labute approximate surface area is 124 Å². The van der Waals surface area contributed by atoms with Crippen molar-refractivity contribution in [2.45, 2.75) is 52.4 Å². The summed E-state index contributed by atoms with van der Waals surface area (Å²) < 4.78 is 5.35. The summed E-state index contributed by atoms with van der Waals surface area (Å²) in [5.41, 5.74) is 0. The molecule has 0 saturated carbocycles. The number of hydrogen-bond donors (Lipinski definition) is 0. The quantitative estimate of drug-likeness (QED) is 0.578. The monoisotopic (exact) mass is 284 g/mol. The van der Waals surface area contributed by atoms with Gasteiger partial charge < -0.3 is 9.64 Å². The van der Waals surface area contributed by atoms with E-state index in [1.165, 1.54) is 19.4 Å². The standard InChI is InChI=1S/C16H32N2O2/c1-3-5-10-18(16(19)4-2)11-8-6-7-9-17-12-14-20-15-13-17/h3-15H2,1-2H3. The third-order valence-corrected chi connectivity index (χ3v) is 3.94. The van der Waals surface area contributed by atoms with Gasteiger partial charge in [-0.1, -0.05) is 26.7 Å². The second kappa shape index (κ2) is 11.1. The molecule has 0 bridgehead atoms. The zero-order valence-corrected chi connectivity index (χ0v) is 13.4. The Balaban J connectivity index is 2.08. The van der Waals surface area contributed by atoms with Crippen molar-refractivity contribution in [3.8, 4) is 0 Å². The van der Waals surface area contributed by atoms with E-state index in [9.17, 15) is 4.79 Å². The minimum absolute atomic E-state index is 0.312. The number of rotatable bonds is 10. The summed E-state index contributed by atoms with van der Waals surface area (Å²) in [5, 5.41) is 0. The first kappa shape index (κ1) is 17.4. The molecule has 4 heteroatoms. The molecule has 1 rings (SSSR count). The van der Waals surface area contributed by atoms with E-state index < -0.39 is 0 Å². The summed E-state index contributed by atoms with van der Waals surface area (Å²) in [6.45, 7) is 11.1. The lowest BCUT2D eigenvalue weighted by molar-refractivity contribution is -0.131. The molecule has 0 radical (unpaired) electrons. The van der Waals surface area contributed by atoms with E-state index in [1.54, 1.807) is 0 Å². The van der Waals surface area contributed by atoms with Crippen LogP contribution in [0.15, 0.2) is 0 Å². The average Bonchev–Trinajstić information content (AvgIpc) is 2.50. The third kappa shape index (κ3) is 7.25. The Kier molecular flexibility index (Phi) is 9.67. The first-order valence-electron chi connectivity index (χ1n) is 8.35. The molecule has 20 heavy (non-hydrogen) atoms. The Morgan fingerprint density at radius 3 is 2.40 bits per heavy atom. The predicted molar refractivity (Wildman–Crippen MR) is 82.9 cm³/mol. The molecule has 0 unspecified atom stereocenters. The lowest BCUT2D eigenvalue weighted by atomic mass is 10.2. The average molecular weight is 284 g/mol. The molecule has 1 aliphatic rings. The fourth-order valence-electron chi connectivity index (χ4n) is 2.57. The molecule has 0 aromatic carbocycles. The van der Waals surface area contributed by atoms with Gasteiger partial charge in [-0.05, 0) is 25.8 Å². The molecule has 1 heterocycles. The van der Waals surface area contributed by atoms with Gasteiger partial charge in [0, 0.05) is 32.6 Å². The van der Waals surface area contributed by atoms with Crippen molar-refractivity contribution in [2.75, 3.05) is 45.9 Å². The number of nitrogens with zero attached hydrogens (tertiary/aromatic N) is 2. The molecule has 118 valence electrons. The van der Waals surface area contributed by atoms with E-state index in [0.717, 1.165) is 58.7 Å².